The van der Waals surface area contributed by atoms with Gasteiger partial charge in [-0.3, -0.25) is 9.59 Å². The van der Waals surface area contributed by atoms with Crippen LogP contribution in [0.25, 0.3) is 0 Å². The van der Waals surface area contributed by atoms with E-state index in [2.05, 4.69) is 24.1 Å². The van der Waals surface area contributed by atoms with Crippen LogP contribution in [0.4, 0.5) is 0 Å². The van der Waals surface area contributed by atoms with Crippen LogP contribution in [0.3, 0.4) is 0 Å². The molecular formula is C13H24N2O3. The third kappa shape index (κ3) is 3.70. The van der Waals surface area contributed by atoms with E-state index < -0.39 is 5.97 Å². The van der Waals surface area contributed by atoms with Crippen molar-refractivity contribution in [1.29, 1.82) is 0 Å². The predicted molar refractivity (Wildman–Crippen MR) is 69.2 cm³/mol. The molecule has 0 spiro atoms. The molecule has 1 saturated carbocycles. The first-order chi connectivity index (χ1) is 8.24. The summed E-state index contributed by atoms with van der Waals surface area (Å²) in [6.45, 7) is 4.69. The highest BCUT2D eigenvalue weighted by Crippen LogP contribution is 2.31. The monoisotopic (exact) mass is 256 g/mol. The zero-order valence-electron chi connectivity index (χ0n) is 11.7. The second-order valence-electron chi connectivity index (χ2n) is 5.97. The number of nitrogens with one attached hydrogen (secondary N) is 1. The Labute approximate surface area is 109 Å². The Balaban J connectivity index is 2.41. The molecule has 2 atom stereocenters. The van der Waals surface area contributed by atoms with E-state index in [4.69, 9.17) is 5.11 Å². The van der Waals surface area contributed by atoms with Crippen LogP contribution in [0, 0.1) is 11.8 Å². The summed E-state index contributed by atoms with van der Waals surface area (Å²) in [7, 11) is 3.95. The van der Waals surface area contributed by atoms with Crippen LogP contribution in [0.5, 0.6) is 0 Å². The van der Waals surface area contributed by atoms with E-state index in [0.717, 1.165) is 0 Å². The van der Waals surface area contributed by atoms with Crippen LogP contribution in [0.2, 0.25) is 0 Å². The molecule has 5 nitrogen and oxygen atoms in total. The molecule has 0 saturated heterocycles. The largest absolute Gasteiger partial charge is 0.481 e. The summed E-state index contributed by atoms with van der Waals surface area (Å²) in [6.07, 6.45) is 1.78. The van der Waals surface area contributed by atoms with E-state index >= 15 is 0 Å². The van der Waals surface area contributed by atoms with E-state index in [-0.39, 0.29) is 23.3 Å². The van der Waals surface area contributed by atoms with Crippen molar-refractivity contribution in [2.75, 3.05) is 20.6 Å². The molecule has 1 aliphatic rings. The first-order valence-electron chi connectivity index (χ1n) is 6.42. The summed E-state index contributed by atoms with van der Waals surface area (Å²) < 4.78 is 0. The minimum absolute atomic E-state index is 0.00586. The summed E-state index contributed by atoms with van der Waals surface area (Å²) in [6, 6.07) is 0. The standard InChI is InChI=1S/C13H24N2O3/c1-13(2,15(3)4)8-14-11(16)9-5-6-10(7-9)12(17)18/h9-10H,5-8H2,1-4H3,(H,14,16)(H,17,18)/t9-,10+/m1/s1. The van der Waals surface area contributed by atoms with Crippen molar-refractivity contribution in [3.63, 3.8) is 0 Å². The summed E-state index contributed by atoms with van der Waals surface area (Å²) in [4.78, 5) is 24.9. The Morgan fingerprint density at radius 1 is 1.28 bits per heavy atom. The molecule has 0 aliphatic heterocycles. The zero-order chi connectivity index (χ0) is 13.9. The Hall–Kier alpha value is -1.10. The first kappa shape index (κ1) is 15.0. The molecule has 2 N–H and O–H groups in total. The van der Waals surface area contributed by atoms with Crippen molar-refractivity contribution in [3.8, 4) is 0 Å². The number of carbonyl (C=O) groups excluding carboxylic acids is 1. The maximum absolute atomic E-state index is 12.0. The Kier molecular flexibility index (Phi) is 4.73. The quantitative estimate of drug-likeness (QED) is 0.768. The van der Waals surface area contributed by atoms with Gasteiger partial charge in [-0.1, -0.05) is 0 Å². The highest BCUT2D eigenvalue weighted by atomic mass is 16.4. The van der Waals surface area contributed by atoms with Crippen molar-refractivity contribution < 1.29 is 14.7 Å². The van der Waals surface area contributed by atoms with Crippen molar-refractivity contribution >= 4 is 11.9 Å². The van der Waals surface area contributed by atoms with Gasteiger partial charge in [-0.05, 0) is 47.2 Å². The number of nitrogens with zero attached hydrogens (tertiary/aromatic N) is 1. The number of carbonyl (C=O) groups is 2. The molecule has 1 aliphatic carbocycles. The van der Waals surface area contributed by atoms with Crippen LogP contribution in [0.15, 0.2) is 0 Å². The molecule has 0 unspecified atom stereocenters. The van der Waals surface area contributed by atoms with E-state index in [1.807, 2.05) is 14.1 Å². The maximum atomic E-state index is 12.0. The van der Waals surface area contributed by atoms with Gasteiger partial charge in [0.15, 0.2) is 0 Å². The second kappa shape index (κ2) is 5.69. The molecule has 0 bridgehead atoms. The molecule has 18 heavy (non-hydrogen) atoms. The van der Waals surface area contributed by atoms with Gasteiger partial charge in [0.2, 0.25) is 5.91 Å². The highest BCUT2D eigenvalue weighted by molar-refractivity contribution is 5.80. The van der Waals surface area contributed by atoms with Crippen LogP contribution >= 0.6 is 0 Å². The average molecular weight is 256 g/mol. The smallest absolute Gasteiger partial charge is 0.306 e. The first-order valence-corrected chi connectivity index (χ1v) is 6.42. The lowest BCUT2D eigenvalue weighted by Crippen LogP contribution is -2.49. The number of aliphatic carboxylic acids is 1. The Bertz CT molecular complexity index is 326. The fourth-order valence-corrected chi connectivity index (χ4v) is 2.05. The number of amides is 1. The van der Waals surface area contributed by atoms with E-state index in [1.165, 1.54) is 0 Å². The minimum Gasteiger partial charge on any atom is -0.481 e. The van der Waals surface area contributed by atoms with Crippen LogP contribution in [-0.2, 0) is 9.59 Å². The number of carboxylic acids is 1. The van der Waals surface area contributed by atoms with Crippen LogP contribution in [-0.4, -0.2) is 48.1 Å². The molecule has 104 valence electrons. The maximum Gasteiger partial charge on any atom is 0.306 e. The van der Waals surface area contributed by atoms with E-state index in [9.17, 15) is 9.59 Å². The van der Waals surface area contributed by atoms with Crippen LogP contribution < -0.4 is 5.32 Å². The Morgan fingerprint density at radius 3 is 2.28 bits per heavy atom. The molecular weight excluding hydrogens is 232 g/mol. The normalized spacial score (nSPS) is 24.3. The lowest BCUT2D eigenvalue weighted by molar-refractivity contribution is -0.141. The molecule has 1 fully saturated rings. The summed E-state index contributed by atoms with van der Waals surface area (Å²) in [5.74, 6) is -1.26. The van der Waals surface area contributed by atoms with Crippen molar-refractivity contribution in [2.45, 2.75) is 38.6 Å². The van der Waals surface area contributed by atoms with Crippen molar-refractivity contribution in [1.82, 2.24) is 10.2 Å². The van der Waals surface area contributed by atoms with Gasteiger partial charge in [0.05, 0.1) is 5.92 Å². The average Bonchev–Trinajstić information content (AvgIpc) is 2.75. The van der Waals surface area contributed by atoms with Gasteiger partial charge < -0.3 is 15.3 Å². The lowest BCUT2D eigenvalue weighted by Gasteiger charge is -2.33. The van der Waals surface area contributed by atoms with Gasteiger partial charge in [-0.25, -0.2) is 0 Å². The number of hydrogen-bond acceptors (Lipinski definition) is 3. The molecule has 0 radical (unpaired) electrons. The fourth-order valence-electron chi connectivity index (χ4n) is 2.05. The van der Waals surface area contributed by atoms with E-state index in [1.54, 1.807) is 0 Å². The number of carboxylic acid groups (broad SMARTS) is 1. The summed E-state index contributed by atoms with van der Waals surface area (Å²) >= 11 is 0. The highest BCUT2D eigenvalue weighted by Gasteiger charge is 2.34. The topological polar surface area (TPSA) is 69.6 Å². The molecule has 5 heteroatoms. The molecule has 0 aromatic rings. The third-order valence-electron chi connectivity index (χ3n) is 4.06. The molecule has 1 amide bonds. The lowest BCUT2D eigenvalue weighted by atomic mass is 10.0. The molecule has 0 aromatic heterocycles. The van der Waals surface area contributed by atoms with Gasteiger partial charge in [0.1, 0.15) is 0 Å². The van der Waals surface area contributed by atoms with E-state index in [0.29, 0.717) is 25.8 Å². The fraction of sp³-hybridized carbons (Fsp3) is 0.846. The number of rotatable bonds is 5. The van der Waals surface area contributed by atoms with Gasteiger partial charge >= 0.3 is 5.97 Å². The number of hydrogen-bond donors (Lipinski definition) is 2. The van der Waals surface area contributed by atoms with Crippen molar-refractivity contribution in [3.05, 3.63) is 0 Å². The second-order valence-corrected chi connectivity index (χ2v) is 5.97. The summed E-state index contributed by atoms with van der Waals surface area (Å²) in [5, 5.41) is 11.8. The summed E-state index contributed by atoms with van der Waals surface area (Å²) in [5.41, 5.74) is -0.0968. The zero-order valence-corrected chi connectivity index (χ0v) is 11.7. The SMILES string of the molecule is CN(C)C(C)(C)CNC(=O)[C@@H]1CC[C@H](C(=O)O)C1. The molecule has 1 rings (SSSR count). The van der Waals surface area contributed by atoms with Gasteiger partial charge in [-0.15, -0.1) is 0 Å². The number of likely N-dealkylation sites (N-methyl/N-ethyl adjacent to an activating group) is 1. The van der Waals surface area contributed by atoms with Gasteiger partial charge in [-0.2, -0.15) is 0 Å². The Morgan fingerprint density at radius 2 is 1.83 bits per heavy atom. The minimum atomic E-state index is -0.779. The third-order valence-corrected chi connectivity index (χ3v) is 4.06. The molecule has 0 heterocycles. The predicted octanol–water partition coefficient (Wildman–Crippen LogP) is 0.944. The van der Waals surface area contributed by atoms with Gasteiger partial charge in [0.25, 0.3) is 0 Å². The van der Waals surface area contributed by atoms with Crippen molar-refractivity contribution in [2.24, 2.45) is 11.8 Å². The van der Waals surface area contributed by atoms with Crippen LogP contribution in [0.1, 0.15) is 33.1 Å². The molecule has 0 aromatic carbocycles. The van der Waals surface area contributed by atoms with Gasteiger partial charge in [0, 0.05) is 18.0 Å².